The fourth-order valence-corrected chi connectivity index (χ4v) is 4.24. The van der Waals surface area contributed by atoms with Crippen LogP contribution in [0.15, 0.2) is 52.0 Å². The van der Waals surface area contributed by atoms with Crippen LogP contribution in [0.1, 0.15) is 30.0 Å². The van der Waals surface area contributed by atoms with Gasteiger partial charge in [-0.05, 0) is 42.3 Å². The first-order valence-corrected chi connectivity index (χ1v) is 10.5. The van der Waals surface area contributed by atoms with Gasteiger partial charge in [0.25, 0.3) is 0 Å². The molecule has 0 aromatic heterocycles. The van der Waals surface area contributed by atoms with Crippen LogP contribution in [0.3, 0.4) is 0 Å². The van der Waals surface area contributed by atoms with Crippen molar-refractivity contribution in [2.75, 3.05) is 12.0 Å². The van der Waals surface area contributed by atoms with Crippen LogP contribution in [0.2, 0.25) is 0 Å². The van der Waals surface area contributed by atoms with E-state index < -0.39 is 0 Å². The molecule has 2 aromatic carbocycles. The van der Waals surface area contributed by atoms with Gasteiger partial charge in [0.2, 0.25) is 0 Å². The van der Waals surface area contributed by atoms with E-state index in [-0.39, 0.29) is 18.0 Å². The van der Waals surface area contributed by atoms with Crippen LogP contribution in [-0.2, 0) is 0 Å². The monoisotopic (exact) mass is 418 g/mol. The Balaban J connectivity index is 1.73. The lowest BCUT2D eigenvalue weighted by Gasteiger charge is -2.38. The zero-order chi connectivity index (χ0) is 17.4. The number of ether oxygens (including phenoxy) is 1. The molecule has 0 aliphatic carbocycles. The molecular formula is C19H19BrN2O2S. The van der Waals surface area contributed by atoms with E-state index in [2.05, 4.69) is 33.3 Å². The van der Waals surface area contributed by atoms with Gasteiger partial charge in [-0.15, -0.1) is 0 Å². The lowest BCUT2D eigenvalue weighted by atomic mass is 9.96. The van der Waals surface area contributed by atoms with Gasteiger partial charge >= 0.3 is 0 Å². The first-order chi connectivity index (χ1) is 12.2. The van der Waals surface area contributed by atoms with E-state index in [1.807, 2.05) is 42.1 Å². The summed E-state index contributed by atoms with van der Waals surface area (Å²) in [6.45, 7) is 0. The van der Waals surface area contributed by atoms with E-state index in [9.17, 15) is 5.11 Å². The minimum absolute atomic E-state index is 0.0746. The first kappa shape index (κ1) is 16.8. The van der Waals surface area contributed by atoms with Crippen molar-refractivity contribution < 1.29 is 9.84 Å². The average molecular weight is 419 g/mol. The molecular weight excluding hydrogens is 400 g/mol. The standard InChI is InChI=1S/C19H19BrN2O2S/c1-25-9-8-19-22-16(14-10-12(20)6-7-18(14)24-19)11-15(21-22)13-4-2-3-5-17(13)23/h2-7,10,16,19,23H,8-9,11H2,1H3/t16-,19+/m1/s1. The van der Waals surface area contributed by atoms with Gasteiger partial charge in [-0.1, -0.05) is 28.1 Å². The molecule has 0 radical (unpaired) electrons. The fourth-order valence-electron chi connectivity index (χ4n) is 3.42. The molecule has 2 aliphatic heterocycles. The number of thioether (sulfide) groups is 1. The van der Waals surface area contributed by atoms with Gasteiger partial charge in [0.05, 0.1) is 11.8 Å². The quantitative estimate of drug-likeness (QED) is 0.775. The van der Waals surface area contributed by atoms with Gasteiger partial charge in [-0.3, -0.25) is 5.01 Å². The highest BCUT2D eigenvalue weighted by Crippen LogP contribution is 2.45. The molecule has 2 atom stereocenters. The van der Waals surface area contributed by atoms with Gasteiger partial charge in [-0.2, -0.15) is 16.9 Å². The summed E-state index contributed by atoms with van der Waals surface area (Å²) >= 11 is 5.37. The molecule has 0 fully saturated rings. The first-order valence-electron chi connectivity index (χ1n) is 8.26. The lowest BCUT2D eigenvalue weighted by Crippen LogP contribution is -2.40. The Labute approximate surface area is 160 Å². The predicted molar refractivity (Wildman–Crippen MR) is 105 cm³/mol. The Morgan fingerprint density at radius 3 is 2.96 bits per heavy atom. The summed E-state index contributed by atoms with van der Waals surface area (Å²) in [6, 6.07) is 13.7. The zero-order valence-electron chi connectivity index (χ0n) is 13.9. The Kier molecular flexibility index (Phi) is 4.65. The molecule has 4 nitrogen and oxygen atoms in total. The van der Waals surface area contributed by atoms with Crippen molar-refractivity contribution in [2.24, 2.45) is 5.10 Å². The summed E-state index contributed by atoms with van der Waals surface area (Å²) in [4.78, 5) is 0. The topological polar surface area (TPSA) is 45.1 Å². The predicted octanol–water partition coefficient (Wildman–Crippen LogP) is 4.78. The second-order valence-corrected chi connectivity index (χ2v) is 8.10. The van der Waals surface area contributed by atoms with Crippen LogP contribution in [0.4, 0.5) is 0 Å². The van der Waals surface area contributed by atoms with Gasteiger partial charge in [0.15, 0.2) is 6.23 Å². The van der Waals surface area contributed by atoms with Crippen molar-refractivity contribution in [3.63, 3.8) is 0 Å². The zero-order valence-corrected chi connectivity index (χ0v) is 16.3. The summed E-state index contributed by atoms with van der Waals surface area (Å²) in [5.41, 5.74) is 2.86. The Morgan fingerprint density at radius 1 is 1.32 bits per heavy atom. The molecule has 0 amide bonds. The van der Waals surface area contributed by atoms with Crippen LogP contribution >= 0.6 is 27.7 Å². The maximum Gasteiger partial charge on any atom is 0.188 e. The third-order valence-corrected chi connectivity index (χ3v) is 5.75. The van der Waals surface area contributed by atoms with Crippen LogP contribution in [0.5, 0.6) is 11.5 Å². The number of para-hydroxylation sites is 1. The summed E-state index contributed by atoms with van der Waals surface area (Å²) in [5, 5.41) is 17.1. The van der Waals surface area contributed by atoms with Gasteiger partial charge < -0.3 is 9.84 Å². The van der Waals surface area contributed by atoms with Crippen LogP contribution in [-0.4, -0.2) is 34.1 Å². The van der Waals surface area contributed by atoms with Crippen molar-refractivity contribution in [3.05, 3.63) is 58.1 Å². The second-order valence-electron chi connectivity index (χ2n) is 6.20. The lowest BCUT2D eigenvalue weighted by molar-refractivity contribution is -0.0180. The number of phenolic OH excluding ortho intramolecular Hbond substituents is 1. The van der Waals surface area contributed by atoms with Crippen molar-refractivity contribution in [1.82, 2.24) is 5.01 Å². The van der Waals surface area contributed by atoms with Crippen molar-refractivity contribution >= 4 is 33.4 Å². The van der Waals surface area contributed by atoms with E-state index in [1.165, 1.54) is 0 Å². The van der Waals surface area contributed by atoms with E-state index in [0.717, 1.165) is 45.7 Å². The molecule has 2 heterocycles. The van der Waals surface area contributed by atoms with Crippen LogP contribution < -0.4 is 4.74 Å². The molecule has 0 bridgehead atoms. The summed E-state index contributed by atoms with van der Waals surface area (Å²) in [5.74, 6) is 2.22. The number of halogens is 1. The van der Waals surface area contributed by atoms with E-state index in [0.29, 0.717) is 0 Å². The van der Waals surface area contributed by atoms with Gasteiger partial charge in [0.1, 0.15) is 11.5 Å². The smallest absolute Gasteiger partial charge is 0.188 e. The largest absolute Gasteiger partial charge is 0.507 e. The molecule has 130 valence electrons. The SMILES string of the molecule is CSCC[C@@H]1Oc2ccc(Br)cc2[C@H]2CC(c3ccccc3O)=NN12. The molecule has 4 rings (SSSR count). The number of rotatable bonds is 4. The van der Waals surface area contributed by atoms with Crippen LogP contribution in [0.25, 0.3) is 0 Å². The number of hydrazone groups is 1. The van der Waals surface area contributed by atoms with E-state index in [1.54, 1.807) is 6.07 Å². The summed E-state index contributed by atoms with van der Waals surface area (Å²) in [6.07, 6.45) is 3.70. The molecule has 2 aliphatic rings. The number of hydrogen-bond acceptors (Lipinski definition) is 5. The minimum atomic E-state index is -0.0746. The third kappa shape index (κ3) is 3.13. The van der Waals surface area contributed by atoms with Crippen LogP contribution in [0, 0.1) is 0 Å². The highest BCUT2D eigenvalue weighted by Gasteiger charge is 2.40. The van der Waals surface area contributed by atoms with E-state index in [4.69, 9.17) is 9.84 Å². The Morgan fingerprint density at radius 2 is 2.16 bits per heavy atom. The fraction of sp³-hybridized carbons (Fsp3) is 0.316. The number of benzene rings is 2. The number of aromatic hydroxyl groups is 1. The van der Waals surface area contributed by atoms with Gasteiger partial charge in [-0.25, -0.2) is 0 Å². The maximum atomic E-state index is 10.2. The number of nitrogens with zero attached hydrogens (tertiary/aromatic N) is 2. The van der Waals surface area contributed by atoms with E-state index >= 15 is 0 Å². The Hall–Kier alpha value is -1.66. The summed E-state index contributed by atoms with van der Waals surface area (Å²) < 4.78 is 7.28. The normalized spacial score (nSPS) is 21.4. The maximum absolute atomic E-state index is 10.2. The molecule has 1 N–H and O–H groups in total. The molecule has 0 unspecified atom stereocenters. The van der Waals surface area contributed by atoms with Gasteiger partial charge in [0, 0.05) is 28.4 Å². The second kappa shape index (κ2) is 6.92. The minimum Gasteiger partial charge on any atom is -0.507 e. The molecule has 0 saturated carbocycles. The molecule has 2 aromatic rings. The summed E-state index contributed by atoms with van der Waals surface area (Å²) in [7, 11) is 0. The third-order valence-electron chi connectivity index (χ3n) is 4.61. The number of fused-ring (bicyclic) bond motifs is 3. The highest BCUT2D eigenvalue weighted by molar-refractivity contribution is 9.10. The van der Waals surface area contributed by atoms with Crippen molar-refractivity contribution in [1.29, 1.82) is 0 Å². The number of hydrogen-bond donors (Lipinski definition) is 1. The van der Waals surface area contributed by atoms with Crippen molar-refractivity contribution in [2.45, 2.75) is 25.1 Å². The molecule has 0 saturated heterocycles. The number of phenols is 1. The molecule has 25 heavy (non-hydrogen) atoms. The highest BCUT2D eigenvalue weighted by atomic mass is 79.9. The molecule has 0 spiro atoms. The average Bonchev–Trinajstić information content (AvgIpc) is 3.06. The molecule has 6 heteroatoms. The Bertz CT molecular complexity index is 827. The van der Waals surface area contributed by atoms with Crippen molar-refractivity contribution in [3.8, 4) is 11.5 Å².